The van der Waals surface area contributed by atoms with Crippen LogP contribution in [0.5, 0.6) is 0 Å². The van der Waals surface area contributed by atoms with Gasteiger partial charge in [-0.25, -0.2) is 4.39 Å². The lowest BCUT2D eigenvalue weighted by Crippen LogP contribution is -2.54. The summed E-state index contributed by atoms with van der Waals surface area (Å²) in [5.41, 5.74) is 0.141. The topological polar surface area (TPSA) is 105 Å². The summed E-state index contributed by atoms with van der Waals surface area (Å²) >= 11 is 0. The molecule has 31 heavy (non-hydrogen) atoms. The molecule has 1 aliphatic rings. The molecule has 1 aliphatic heterocycles. The maximum absolute atomic E-state index is 14.0. The Bertz CT molecular complexity index is 931. The van der Waals surface area contributed by atoms with Crippen molar-refractivity contribution in [2.45, 2.75) is 46.2 Å². The van der Waals surface area contributed by atoms with Gasteiger partial charge in [0.1, 0.15) is 11.9 Å². The van der Waals surface area contributed by atoms with Gasteiger partial charge in [0.05, 0.1) is 12.1 Å². The number of aromatic nitrogens is 2. The van der Waals surface area contributed by atoms with Crippen molar-refractivity contribution in [3.05, 3.63) is 29.7 Å². The average Bonchev–Trinajstić information content (AvgIpc) is 3.07. The first-order chi connectivity index (χ1) is 14.7. The monoisotopic (exact) mass is 434 g/mol. The fourth-order valence-corrected chi connectivity index (χ4v) is 3.78. The summed E-state index contributed by atoms with van der Waals surface area (Å²) in [5.74, 6) is -0.945. The molecular formula is C22H31FN4O4. The van der Waals surface area contributed by atoms with E-state index in [2.05, 4.69) is 15.7 Å². The first kappa shape index (κ1) is 23.1. The Hall–Kier alpha value is -2.52. The van der Waals surface area contributed by atoms with Crippen molar-refractivity contribution in [1.82, 2.24) is 20.4 Å². The molecule has 0 bridgehead atoms. The van der Waals surface area contributed by atoms with Crippen LogP contribution in [0, 0.1) is 17.2 Å². The van der Waals surface area contributed by atoms with Crippen LogP contribution in [-0.2, 0) is 16.1 Å². The lowest BCUT2D eigenvalue weighted by Gasteiger charge is -2.30. The minimum Gasteiger partial charge on any atom is -0.395 e. The minimum atomic E-state index is -0.831. The largest absolute Gasteiger partial charge is 0.395 e. The third kappa shape index (κ3) is 5.59. The van der Waals surface area contributed by atoms with Crippen molar-refractivity contribution in [2.24, 2.45) is 11.3 Å². The molecule has 0 saturated carbocycles. The van der Waals surface area contributed by atoms with Crippen molar-refractivity contribution in [1.29, 1.82) is 0 Å². The molecule has 2 aromatic rings. The van der Waals surface area contributed by atoms with Crippen LogP contribution in [0.2, 0.25) is 0 Å². The summed E-state index contributed by atoms with van der Waals surface area (Å²) in [5, 5.41) is 19.4. The molecule has 170 valence electrons. The van der Waals surface area contributed by atoms with Crippen LogP contribution in [-0.4, -0.2) is 59.1 Å². The standard InChI is InChI=1S/C22H31FN4O4/c1-22(2,3)19(21(30)24-8-9-28)25-20(29)18-16-5-4-15(23)12-17(16)27(26-18)13-14-6-10-31-11-7-14/h4-5,12,14,19,28H,6-11,13H2,1-3H3,(H,24,30)(H,25,29). The number of fused-ring (bicyclic) bond motifs is 1. The minimum absolute atomic E-state index is 0.100. The van der Waals surface area contributed by atoms with Crippen LogP contribution in [0.1, 0.15) is 44.1 Å². The van der Waals surface area contributed by atoms with Crippen molar-refractivity contribution in [3.8, 4) is 0 Å². The Labute approximate surface area is 181 Å². The molecule has 1 fully saturated rings. The third-order valence-corrected chi connectivity index (χ3v) is 5.52. The SMILES string of the molecule is CC(C)(C)C(NC(=O)c1nn(CC2CCOCC2)c2cc(F)ccc12)C(=O)NCCO. The first-order valence-electron chi connectivity index (χ1n) is 10.6. The van der Waals surface area contributed by atoms with Gasteiger partial charge in [0.15, 0.2) is 5.69 Å². The van der Waals surface area contributed by atoms with E-state index in [1.807, 2.05) is 20.8 Å². The van der Waals surface area contributed by atoms with Gasteiger partial charge in [0, 0.05) is 31.7 Å². The second kappa shape index (κ2) is 9.74. The predicted octanol–water partition coefficient (Wildman–Crippen LogP) is 1.85. The van der Waals surface area contributed by atoms with E-state index in [4.69, 9.17) is 9.84 Å². The molecular weight excluding hydrogens is 403 g/mol. The van der Waals surface area contributed by atoms with Gasteiger partial charge >= 0.3 is 0 Å². The molecule has 2 heterocycles. The molecule has 3 rings (SSSR count). The van der Waals surface area contributed by atoms with E-state index < -0.39 is 23.2 Å². The molecule has 0 aliphatic carbocycles. The Morgan fingerprint density at radius 2 is 2.03 bits per heavy atom. The highest BCUT2D eigenvalue weighted by molar-refractivity contribution is 6.06. The fourth-order valence-electron chi connectivity index (χ4n) is 3.78. The highest BCUT2D eigenvalue weighted by atomic mass is 19.1. The molecule has 0 radical (unpaired) electrons. The van der Waals surface area contributed by atoms with Gasteiger partial charge in [-0.05, 0) is 42.4 Å². The molecule has 1 unspecified atom stereocenters. The van der Waals surface area contributed by atoms with Crippen LogP contribution in [0.4, 0.5) is 4.39 Å². The Balaban J connectivity index is 1.89. The van der Waals surface area contributed by atoms with Crippen LogP contribution in [0.3, 0.4) is 0 Å². The quantitative estimate of drug-likeness (QED) is 0.617. The second-order valence-electron chi connectivity index (χ2n) is 9.04. The molecule has 2 amide bonds. The summed E-state index contributed by atoms with van der Waals surface area (Å²) in [4.78, 5) is 25.7. The van der Waals surface area contributed by atoms with Gasteiger partial charge in [-0.1, -0.05) is 20.8 Å². The molecule has 1 saturated heterocycles. The highest BCUT2D eigenvalue weighted by Gasteiger charge is 2.34. The zero-order valence-corrected chi connectivity index (χ0v) is 18.3. The number of amides is 2. The first-order valence-corrected chi connectivity index (χ1v) is 10.6. The number of ether oxygens (including phenoxy) is 1. The number of nitrogens with one attached hydrogen (secondary N) is 2. The van der Waals surface area contributed by atoms with Crippen molar-refractivity contribution >= 4 is 22.7 Å². The fraction of sp³-hybridized carbons (Fsp3) is 0.591. The summed E-state index contributed by atoms with van der Waals surface area (Å²) in [6.07, 6.45) is 1.77. The number of aliphatic hydroxyl groups is 1. The van der Waals surface area contributed by atoms with Crippen LogP contribution >= 0.6 is 0 Å². The lowest BCUT2D eigenvalue weighted by molar-refractivity contribution is -0.125. The van der Waals surface area contributed by atoms with Crippen LogP contribution in [0.25, 0.3) is 10.9 Å². The normalized spacial score (nSPS) is 16.3. The maximum Gasteiger partial charge on any atom is 0.273 e. The highest BCUT2D eigenvalue weighted by Crippen LogP contribution is 2.25. The third-order valence-electron chi connectivity index (χ3n) is 5.52. The zero-order chi connectivity index (χ0) is 22.6. The Morgan fingerprint density at radius 3 is 2.68 bits per heavy atom. The number of hydrogen-bond acceptors (Lipinski definition) is 5. The Morgan fingerprint density at radius 1 is 1.32 bits per heavy atom. The average molecular weight is 435 g/mol. The molecule has 8 nitrogen and oxygen atoms in total. The molecule has 0 spiro atoms. The number of carbonyl (C=O) groups is 2. The summed E-state index contributed by atoms with van der Waals surface area (Å²) < 4.78 is 21.0. The number of rotatable bonds is 7. The van der Waals surface area contributed by atoms with Gasteiger partial charge < -0.3 is 20.5 Å². The van der Waals surface area contributed by atoms with Gasteiger partial charge in [-0.15, -0.1) is 0 Å². The van der Waals surface area contributed by atoms with Gasteiger partial charge in [0.25, 0.3) is 5.91 Å². The van der Waals surface area contributed by atoms with Gasteiger partial charge in [-0.3, -0.25) is 14.3 Å². The van der Waals surface area contributed by atoms with Crippen molar-refractivity contribution in [3.63, 3.8) is 0 Å². The number of halogens is 1. The molecule has 1 aromatic carbocycles. The zero-order valence-electron chi connectivity index (χ0n) is 18.3. The summed E-state index contributed by atoms with van der Waals surface area (Å²) in [6, 6.07) is 3.40. The van der Waals surface area contributed by atoms with E-state index in [0.717, 1.165) is 12.8 Å². The lowest BCUT2D eigenvalue weighted by atomic mass is 9.86. The van der Waals surface area contributed by atoms with Gasteiger partial charge in [-0.2, -0.15) is 5.10 Å². The van der Waals surface area contributed by atoms with E-state index >= 15 is 0 Å². The Kier molecular flexibility index (Phi) is 7.27. The predicted molar refractivity (Wildman–Crippen MR) is 114 cm³/mol. The summed E-state index contributed by atoms with van der Waals surface area (Å²) in [7, 11) is 0. The number of aliphatic hydroxyl groups excluding tert-OH is 1. The smallest absolute Gasteiger partial charge is 0.273 e. The van der Waals surface area contributed by atoms with Gasteiger partial charge in [0.2, 0.25) is 5.91 Å². The molecule has 3 N–H and O–H groups in total. The van der Waals surface area contributed by atoms with E-state index in [1.54, 1.807) is 10.7 Å². The van der Waals surface area contributed by atoms with Crippen LogP contribution in [0.15, 0.2) is 18.2 Å². The number of hydrogen-bond donors (Lipinski definition) is 3. The number of nitrogens with zero attached hydrogens (tertiary/aromatic N) is 2. The molecule has 9 heteroatoms. The van der Waals surface area contributed by atoms with Crippen molar-refractivity contribution < 1.29 is 23.8 Å². The van der Waals surface area contributed by atoms with E-state index in [1.165, 1.54) is 12.1 Å². The number of benzene rings is 1. The second-order valence-corrected chi connectivity index (χ2v) is 9.04. The van der Waals surface area contributed by atoms with E-state index in [-0.39, 0.29) is 24.8 Å². The summed E-state index contributed by atoms with van der Waals surface area (Å²) in [6.45, 7) is 7.36. The van der Waals surface area contributed by atoms with Crippen molar-refractivity contribution in [2.75, 3.05) is 26.4 Å². The van der Waals surface area contributed by atoms with E-state index in [9.17, 15) is 14.0 Å². The molecule has 1 aromatic heterocycles. The maximum atomic E-state index is 14.0. The van der Waals surface area contributed by atoms with E-state index in [0.29, 0.717) is 36.6 Å². The van der Waals surface area contributed by atoms with Crippen LogP contribution < -0.4 is 10.6 Å². The molecule has 1 atom stereocenters. The number of carbonyl (C=O) groups excluding carboxylic acids is 2.